The van der Waals surface area contributed by atoms with Crippen molar-refractivity contribution in [2.75, 3.05) is 26.2 Å². The highest BCUT2D eigenvalue weighted by molar-refractivity contribution is 5.92. The lowest BCUT2D eigenvalue weighted by atomic mass is 10.1. The summed E-state index contributed by atoms with van der Waals surface area (Å²) in [7, 11) is 0. The summed E-state index contributed by atoms with van der Waals surface area (Å²) in [6.07, 6.45) is 4.64. The van der Waals surface area contributed by atoms with Crippen LogP contribution < -0.4 is 10.6 Å². The monoisotopic (exact) mass is 288 g/mol. The van der Waals surface area contributed by atoms with Crippen molar-refractivity contribution in [1.82, 2.24) is 15.6 Å². The molecular weight excluding hydrogens is 268 g/mol. The van der Waals surface area contributed by atoms with Gasteiger partial charge in [0, 0.05) is 19.3 Å². The van der Waals surface area contributed by atoms with Gasteiger partial charge >= 0.3 is 0 Å². The normalized spacial score (nSPS) is 15.4. The Bertz CT molecular complexity index is 489. The number of hydrogen-bond acceptors (Lipinski definition) is 5. The summed E-state index contributed by atoms with van der Waals surface area (Å²) in [4.78, 5) is 15.8. The fourth-order valence-electron chi connectivity index (χ4n) is 2.17. The summed E-state index contributed by atoms with van der Waals surface area (Å²) >= 11 is 0. The van der Waals surface area contributed by atoms with Gasteiger partial charge in [0.25, 0.3) is 5.91 Å². The molecular formula is C15H20N4O2. The molecule has 0 radical (unpaired) electrons. The molecule has 6 nitrogen and oxygen atoms in total. The SMILES string of the molecule is N#Cc1ccc(C(=O)NCCCOC2CCNCC2)nc1. The van der Waals surface area contributed by atoms with Crippen molar-refractivity contribution >= 4 is 5.91 Å². The zero-order valence-corrected chi connectivity index (χ0v) is 12.0. The van der Waals surface area contributed by atoms with Crippen molar-refractivity contribution in [3.05, 3.63) is 29.6 Å². The Morgan fingerprint density at radius 1 is 1.48 bits per heavy atom. The molecule has 0 atom stereocenters. The number of rotatable bonds is 6. The van der Waals surface area contributed by atoms with E-state index in [1.165, 1.54) is 6.20 Å². The molecule has 21 heavy (non-hydrogen) atoms. The first-order chi connectivity index (χ1) is 10.3. The van der Waals surface area contributed by atoms with Crippen LogP contribution >= 0.6 is 0 Å². The van der Waals surface area contributed by atoms with E-state index in [-0.39, 0.29) is 5.91 Å². The first-order valence-electron chi connectivity index (χ1n) is 7.26. The minimum absolute atomic E-state index is 0.221. The summed E-state index contributed by atoms with van der Waals surface area (Å²) in [6.45, 7) is 3.26. The number of carbonyl (C=O) groups excluding carboxylic acids is 1. The summed E-state index contributed by atoms with van der Waals surface area (Å²) in [5.41, 5.74) is 0.773. The van der Waals surface area contributed by atoms with E-state index in [2.05, 4.69) is 15.6 Å². The molecule has 1 aliphatic heterocycles. The molecule has 1 amide bonds. The van der Waals surface area contributed by atoms with Gasteiger partial charge in [-0.25, -0.2) is 4.98 Å². The van der Waals surface area contributed by atoms with Crippen molar-refractivity contribution < 1.29 is 9.53 Å². The van der Waals surface area contributed by atoms with E-state index in [0.717, 1.165) is 32.4 Å². The second kappa shape index (κ2) is 8.35. The zero-order valence-electron chi connectivity index (χ0n) is 12.0. The van der Waals surface area contributed by atoms with E-state index in [4.69, 9.17) is 10.00 Å². The van der Waals surface area contributed by atoms with Crippen molar-refractivity contribution in [2.24, 2.45) is 0 Å². The van der Waals surface area contributed by atoms with Gasteiger partial charge in [-0.1, -0.05) is 0 Å². The number of nitrogens with zero attached hydrogens (tertiary/aromatic N) is 2. The predicted molar refractivity (Wildman–Crippen MR) is 77.7 cm³/mol. The minimum Gasteiger partial charge on any atom is -0.378 e. The van der Waals surface area contributed by atoms with Crippen molar-refractivity contribution in [3.63, 3.8) is 0 Å². The average Bonchev–Trinajstić information content (AvgIpc) is 2.55. The molecule has 1 saturated heterocycles. The highest BCUT2D eigenvalue weighted by Crippen LogP contribution is 2.07. The number of hydrogen-bond donors (Lipinski definition) is 2. The summed E-state index contributed by atoms with van der Waals surface area (Å²) < 4.78 is 5.76. The molecule has 1 aliphatic rings. The standard InChI is InChI=1S/C15H20N4O2/c16-10-12-2-3-14(19-11-12)15(20)18-6-1-9-21-13-4-7-17-8-5-13/h2-3,11,13,17H,1,4-9H2,(H,18,20). The van der Waals surface area contributed by atoms with Crippen LogP contribution in [0.4, 0.5) is 0 Å². The second-order valence-electron chi connectivity index (χ2n) is 4.97. The van der Waals surface area contributed by atoms with Crippen molar-refractivity contribution in [1.29, 1.82) is 5.26 Å². The topological polar surface area (TPSA) is 87.0 Å². The molecule has 0 aliphatic carbocycles. The molecule has 2 N–H and O–H groups in total. The Morgan fingerprint density at radius 2 is 2.29 bits per heavy atom. The van der Waals surface area contributed by atoms with E-state index in [1.807, 2.05) is 6.07 Å². The fraction of sp³-hybridized carbons (Fsp3) is 0.533. The number of pyridine rings is 1. The maximum absolute atomic E-state index is 11.8. The molecule has 0 aromatic carbocycles. The van der Waals surface area contributed by atoms with Gasteiger partial charge in [0.1, 0.15) is 11.8 Å². The van der Waals surface area contributed by atoms with Gasteiger partial charge in [0.05, 0.1) is 11.7 Å². The molecule has 0 saturated carbocycles. The highest BCUT2D eigenvalue weighted by Gasteiger charge is 2.12. The molecule has 2 rings (SSSR count). The van der Waals surface area contributed by atoms with E-state index in [0.29, 0.717) is 30.5 Å². The number of nitriles is 1. The first-order valence-corrected chi connectivity index (χ1v) is 7.26. The van der Waals surface area contributed by atoms with E-state index in [9.17, 15) is 4.79 Å². The Kier molecular flexibility index (Phi) is 6.13. The number of aromatic nitrogens is 1. The Morgan fingerprint density at radius 3 is 2.95 bits per heavy atom. The Hall–Kier alpha value is -1.97. The number of carbonyl (C=O) groups is 1. The molecule has 0 unspecified atom stereocenters. The average molecular weight is 288 g/mol. The zero-order chi connectivity index (χ0) is 14.9. The fourth-order valence-corrected chi connectivity index (χ4v) is 2.17. The van der Waals surface area contributed by atoms with Crippen LogP contribution in [0.1, 0.15) is 35.3 Å². The number of amides is 1. The third kappa shape index (κ3) is 5.14. The minimum atomic E-state index is -0.221. The van der Waals surface area contributed by atoms with Gasteiger partial charge in [-0.3, -0.25) is 4.79 Å². The predicted octanol–water partition coefficient (Wildman–Crippen LogP) is 0.842. The van der Waals surface area contributed by atoms with Crippen LogP contribution in [0, 0.1) is 11.3 Å². The third-order valence-electron chi connectivity index (χ3n) is 3.37. The maximum atomic E-state index is 11.8. The van der Waals surface area contributed by atoms with E-state index in [1.54, 1.807) is 12.1 Å². The van der Waals surface area contributed by atoms with E-state index < -0.39 is 0 Å². The van der Waals surface area contributed by atoms with Crippen LogP contribution in [0.2, 0.25) is 0 Å². The number of ether oxygens (including phenoxy) is 1. The number of piperidine rings is 1. The Balaban J connectivity index is 1.61. The van der Waals surface area contributed by atoms with E-state index >= 15 is 0 Å². The lowest BCUT2D eigenvalue weighted by molar-refractivity contribution is 0.0317. The largest absolute Gasteiger partial charge is 0.378 e. The maximum Gasteiger partial charge on any atom is 0.269 e. The molecule has 6 heteroatoms. The lowest BCUT2D eigenvalue weighted by Crippen LogP contribution is -2.33. The van der Waals surface area contributed by atoms with Crippen LogP contribution in [0.15, 0.2) is 18.3 Å². The summed E-state index contributed by atoms with van der Waals surface area (Å²) in [5, 5.41) is 14.8. The molecule has 2 heterocycles. The van der Waals surface area contributed by atoms with Crippen LogP contribution in [-0.2, 0) is 4.74 Å². The van der Waals surface area contributed by atoms with Gasteiger partial charge in [0.2, 0.25) is 0 Å². The Labute approximate surface area is 124 Å². The third-order valence-corrected chi connectivity index (χ3v) is 3.37. The summed E-state index contributed by atoms with van der Waals surface area (Å²) in [5.74, 6) is -0.221. The second-order valence-corrected chi connectivity index (χ2v) is 4.97. The molecule has 1 fully saturated rings. The van der Waals surface area contributed by atoms with Crippen LogP contribution in [0.25, 0.3) is 0 Å². The quantitative estimate of drug-likeness (QED) is 0.758. The highest BCUT2D eigenvalue weighted by atomic mass is 16.5. The first kappa shape index (κ1) is 15.4. The smallest absolute Gasteiger partial charge is 0.269 e. The molecule has 0 spiro atoms. The van der Waals surface area contributed by atoms with Crippen molar-refractivity contribution in [3.8, 4) is 6.07 Å². The van der Waals surface area contributed by atoms with Crippen LogP contribution in [0.5, 0.6) is 0 Å². The molecule has 1 aromatic heterocycles. The lowest BCUT2D eigenvalue weighted by Gasteiger charge is -2.22. The van der Waals surface area contributed by atoms with Gasteiger partial charge in [-0.2, -0.15) is 5.26 Å². The van der Waals surface area contributed by atoms with Crippen molar-refractivity contribution in [2.45, 2.75) is 25.4 Å². The number of nitrogens with one attached hydrogen (secondary N) is 2. The summed E-state index contributed by atoms with van der Waals surface area (Å²) in [6, 6.07) is 5.11. The van der Waals surface area contributed by atoms with Gasteiger partial charge < -0.3 is 15.4 Å². The van der Waals surface area contributed by atoms with Gasteiger partial charge in [-0.15, -0.1) is 0 Å². The molecule has 1 aromatic rings. The van der Waals surface area contributed by atoms with Crippen LogP contribution in [0.3, 0.4) is 0 Å². The van der Waals surface area contributed by atoms with Gasteiger partial charge in [0.15, 0.2) is 0 Å². The molecule has 0 bridgehead atoms. The van der Waals surface area contributed by atoms with Crippen LogP contribution in [-0.4, -0.2) is 43.2 Å². The van der Waals surface area contributed by atoms with Gasteiger partial charge in [-0.05, 0) is 44.5 Å². The molecule has 112 valence electrons.